The predicted octanol–water partition coefficient (Wildman–Crippen LogP) is 2.58. The number of fused-ring (bicyclic) bond motifs is 1. The van der Waals surface area contributed by atoms with Crippen LogP contribution in [0.2, 0.25) is 0 Å². The van der Waals surface area contributed by atoms with Crippen molar-refractivity contribution < 1.29 is 4.79 Å². The maximum atomic E-state index is 13.0. The third-order valence-electron chi connectivity index (χ3n) is 7.24. The van der Waals surface area contributed by atoms with Gasteiger partial charge in [-0.1, -0.05) is 12.1 Å². The number of aromatic nitrogens is 6. The standard InChI is InChI=1S/C27H35N9O/c1-19-24(20(2)35(30-19)26-12-11-25-29-28-21(3)36(25)31-26)10-13-27(37)34-16-14-33(15-17-34)18-22-6-8-23(9-7-22)32(4)5/h6-9,11-12H,10,13-18H2,1-5H3. The van der Waals surface area contributed by atoms with E-state index in [-0.39, 0.29) is 5.91 Å². The number of hydrogen-bond acceptors (Lipinski definition) is 7. The van der Waals surface area contributed by atoms with Gasteiger partial charge < -0.3 is 9.80 Å². The Balaban J connectivity index is 1.16. The van der Waals surface area contributed by atoms with E-state index in [0.717, 1.165) is 55.5 Å². The summed E-state index contributed by atoms with van der Waals surface area (Å²) in [6, 6.07) is 12.5. The maximum Gasteiger partial charge on any atom is 0.222 e. The zero-order chi connectivity index (χ0) is 26.1. The molecular weight excluding hydrogens is 466 g/mol. The highest BCUT2D eigenvalue weighted by molar-refractivity contribution is 5.76. The van der Waals surface area contributed by atoms with Crippen LogP contribution in [0, 0.1) is 20.8 Å². The van der Waals surface area contributed by atoms with Gasteiger partial charge in [0.15, 0.2) is 17.3 Å². The monoisotopic (exact) mass is 501 g/mol. The second kappa shape index (κ2) is 10.3. The van der Waals surface area contributed by atoms with Gasteiger partial charge in [-0.15, -0.1) is 15.3 Å². The lowest BCUT2D eigenvalue weighted by atomic mass is 10.1. The summed E-state index contributed by atoms with van der Waals surface area (Å²) in [5, 5.41) is 17.5. The molecule has 1 aromatic carbocycles. The lowest BCUT2D eigenvalue weighted by Crippen LogP contribution is -2.48. The highest BCUT2D eigenvalue weighted by Gasteiger charge is 2.22. The Morgan fingerprint density at radius 3 is 2.35 bits per heavy atom. The first kappa shape index (κ1) is 24.9. The molecule has 4 heterocycles. The molecule has 1 amide bonds. The lowest BCUT2D eigenvalue weighted by molar-refractivity contribution is -0.133. The van der Waals surface area contributed by atoms with Crippen molar-refractivity contribution >= 4 is 17.2 Å². The molecule has 1 aliphatic heterocycles. The molecule has 0 spiro atoms. The SMILES string of the molecule is Cc1nn(-c2ccc3nnc(C)n3n2)c(C)c1CCC(=O)N1CCN(Cc2ccc(N(C)C)cc2)CC1. The van der Waals surface area contributed by atoms with E-state index in [1.807, 2.05) is 42.5 Å². The Kier molecular flexibility index (Phi) is 6.92. The van der Waals surface area contributed by atoms with Gasteiger partial charge in [-0.25, -0.2) is 4.68 Å². The molecule has 10 nitrogen and oxygen atoms in total. The van der Waals surface area contributed by atoms with Crippen molar-refractivity contribution in [3.63, 3.8) is 0 Å². The van der Waals surface area contributed by atoms with Crippen molar-refractivity contribution in [1.29, 1.82) is 0 Å². The topological polar surface area (TPSA) is 87.7 Å². The van der Waals surface area contributed by atoms with Crippen LogP contribution >= 0.6 is 0 Å². The molecule has 4 aromatic rings. The number of carbonyl (C=O) groups is 1. The van der Waals surface area contributed by atoms with Gasteiger partial charge in [0, 0.05) is 64.6 Å². The van der Waals surface area contributed by atoms with Crippen LogP contribution in [0.1, 0.15) is 34.8 Å². The molecule has 37 heavy (non-hydrogen) atoms. The van der Waals surface area contributed by atoms with E-state index in [2.05, 4.69) is 63.5 Å². The molecule has 5 rings (SSSR count). The molecule has 0 N–H and O–H groups in total. The summed E-state index contributed by atoms with van der Waals surface area (Å²) in [6.45, 7) is 10.2. The first-order valence-electron chi connectivity index (χ1n) is 12.8. The van der Waals surface area contributed by atoms with Crippen LogP contribution < -0.4 is 4.90 Å². The van der Waals surface area contributed by atoms with E-state index in [0.29, 0.717) is 24.3 Å². The third kappa shape index (κ3) is 5.20. The number of carbonyl (C=O) groups excluding carboxylic acids is 1. The fourth-order valence-corrected chi connectivity index (χ4v) is 4.96. The van der Waals surface area contributed by atoms with Gasteiger partial charge in [0.1, 0.15) is 0 Å². The quantitative estimate of drug-likeness (QED) is 0.385. The zero-order valence-corrected chi connectivity index (χ0v) is 22.3. The van der Waals surface area contributed by atoms with Crippen molar-refractivity contribution in [2.24, 2.45) is 0 Å². The summed E-state index contributed by atoms with van der Waals surface area (Å²) in [5.74, 6) is 1.65. The van der Waals surface area contributed by atoms with Gasteiger partial charge in [0.05, 0.1) is 5.69 Å². The summed E-state index contributed by atoms with van der Waals surface area (Å²) in [6.07, 6.45) is 1.15. The molecule has 0 bridgehead atoms. The van der Waals surface area contributed by atoms with Crippen LogP contribution in [0.4, 0.5) is 5.69 Å². The van der Waals surface area contributed by atoms with E-state index in [1.54, 1.807) is 4.52 Å². The predicted molar refractivity (Wildman–Crippen MR) is 143 cm³/mol. The van der Waals surface area contributed by atoms with Crippen LogP contribution in [-0.4, -0.2) is 85.6 Å². The smallest absolute Gasteiger partial charge is 0.222 e. The summed E-state index contributed by atoms with van der Waals surface area (Å²) in [4.78, 5) is 19.6. The fourth-order valence-electron chi connectivity index (χ4n) is 4.96. The number of hydrogen-bond donors (Lipinski definition) is 0. The highest BCUT2D eigenvalue weighted by atomic mass is 16.2. The Hall–Kier alpha value is -3.79. The number of benzene rings is 1. The van der Waals surface area contributed by atoms with Crippen molar-refractivity contribution in [3.05, 3.63) is 64.7 Å². The Morgan fingerprint density at radius 1 is 0.919 bits per heavy atom. The highest BCUT2D eigenvalue weighted by Crippen LogP contribution is 2.20. The summed E-state index contributed by atoms with van der Waals surface area (Å²) in [7, 11) is 4.11. The van der Waals surface area contributed by atoms with Crippen LogP contribution in [0.3, 0.4) is 0 Å². The van der Waals surface area contributed by atoms with Gasteiger partial charge in [-0.05, 0) is 62.6 Å². The fraction of sp³-hybridized carbons (Fsp3) is 0.444. The van der Waals surface area contributed by atoms with E-state index in [9.17, 15) is 4.79 Å². The molecule has 0 aliphatic carbocycles. The minimum absolute atomic E-state index is 0.209. The van der Waals surface area contributed by atoms with Gasteiger partial charge >= 0.3 is 0 Å². The van der Waals surface area contributed by atoms with Gasteiger partial charge in [0.25, 0.3) is 0 Å². The second-order valence-electron chi connectivity index (χ2n) is 9.99. The number of rotatable bonds is 7. The van der Waals surface area contributed by atoms with E-state index in [4.69, 9.17) is 5.10 Å². The normalized spacial score (nSPS) is 14.5. The van der Waals surface area contributed by atoms with E-state index in [1.165, 1.54) is 11.3 Å². The Labute approximate surface area is 217 Å². The summed E-state index contributed by atoms with van der Waals surface area (Å²) in [5.41, 5.74) is 6.26. The van der Waals surface area contributed by atoms with Gasteiger partial charge in [-0.2, -0.15) is 9.61 Å². The molecule has 1 saturated heterocycles. The molecule has 194 valence electrons. The number of piperazine rings is 1. The molecular formula is C27H35N9O. The van der Waals surface area contributed by atoms with Crippen molar-refractivity contribution in [3.8, 4) is 5.82 Å². The van der Waals surface area contributed by atoms with Crippen LogP contribution in [-0.2, 0) is 17.8 Å². The molecule has 0 atom stereocenters. The Bertz CT molecular complexity index is 1400. The minimum Gasteiger partial charge on any atom is -0.378 e. The van der Waals surface area contributed by atoms with Crippen LogP contribution in [0.25, 0.3) is 11.5 Å². The summed E-state index contributed by atoms with van der Waals surface area (Å²) < 4.78 is 3.56. The minimum atomic E-state index is 0.209. The Morgan fingerprint density at radius 2 is 1.65 bits per heavy atom. The summed E-state index contributed by atoms with van der Waals surface area (Å²) >= 11 is 0. The lowest BCUT2D eigenvalue weighted by Gasteiger charge is -2.35. The molecule has 0 unspecified atom stereocenters. The second-order valence-corrected chi connectivity index (χ2v) is 9.99. The van der Waals surface area contributed by atoms with Gasteiger partial charge in [-0.3, -0.25) is 9.69 Å². The molecule has 0 radical (unpaired) electrons. The first-order valence-corrected chi connectivity index (χ1v) is 12.8. The van der Waals surface area contributed by atoms with E-state index >= 15 is 0 Å². The molecule has 1 aliphatic rings. The number of aryl methyl sites for hydroxylation is 2. The molecule has 1 fully saturated rings. The van der Waals surface area contributed by atoms with E-state index < -0.39 is 0 Å². The van der Waals surface area contributed by atoms with Crippen molar-refractivity contribution in [2.45, 2.75) is 40.2 Å². The third-order valence-corrected chi connectivity index (χ3v) is 7.24. The molecule has 0 saturated carbocycles. The molecule has 3 aromatic heterocycles. The largest absolute Gasteiger partial charge is 0.378 e. The number of amides is 1. The van der Waals surface area contributed by atoms with Crippen molar-refractivity contribution in [1.82, 2.24) is 39.4 Å². The van der Waals surface area contributed by atoms with Crippen LogP contribution in [0.5, 0.6) is 0 Å². The molecule has 10 heteroatoms. The van der Waals surface area contributed by atoms with Crippen LogP contribution in [0.15, 0.2) is 36.4 Å². The average molecular weight is 502 g/mol. The average Bonchev–Trinajstić information content (AvgIpc) is 3.41. The maximum absolute atomic E-state index is 13.0. The number of anilines is 1. The van der Waals surface area contributed by atoms with Crippen molar-refractivity contribution in [2.75, 3.05) is 45.2 Å². The first-order chi connectivity index (χ1) is 17.8. The van der Waals surface area contributed by atoms with Gasteiger partial charge in [0.2, 0.25) is 5.91 Å². The number of nitrogens with zero attached hydrogens (tertiary/aromatic N) is 9. The zero-order valence-electron chi connectivity index (χ0n) is 22.3.